The van der Waals surface area contributed by atoms with E-state index in [1.165, 1.54) is 25.7 Å². The van der Waals surface area contributed by atoms with Crippen LogP contribution >= 0.6 is 0 Å². The van der Waals surface area contributed by atoms with E-state index in [4.69, 9.17) is 10.00 Å². The summed E-state index contributed by atoms with van der Waals surface area (Å²) in [5.41, 5.74) is 0.0761. The molecule has 1 saturated heterocycles. The quantitative estimate of drug-likeness (QED) is 0.784. The normalized spacial score (nSPS) is 14.6. The molecule has 0 radical (unpaired) electrons. The first-order valence-electron chi connectivity index (χ1n) is 8.56. The number of nitrogens with zero attached hydrogens (tertiary/aromatic N) is 5. The van der Waals surface area contributed by atoms with Gasteiger partial charge in [0, 0.05) is 13.1 Å². The lowest BCUT2D eigenvalue weighted by atomic mass is 10.1. The van der Waals surface area contributed by atoms with E-state index in [1.54, 1.807) is 12.1 Å². The molecule has 1 aromatic carbocycles. The third-order valence-electron chi connectivity index (χ3n) is 4.19. The zero-order valence-electron chi connectivity index (χ0n) is 14.9. The van der Waals surface area contributed by atoms with E-state index in [-0.39, 0.29) is 28.8 Å². The number of benzene rings is 1. The highest BCUT2D eigenvalue weighted by Gasteiger charge is 2.20. The topological polar surface area (TPSA) is 121 Å². The number of piperidine rings is 1. The molecule has 1 N–H and O–H groups in total. The van der Waals surface area contributed by atoms with E-state index in [1.807, 2.05) is 11.0 Å². The molecular weight excluding hydrogens is 368 g/mol. The summed E-state index contributed by atoms with van der Waals surface area (Å²) in [6, 6.07) is 8.03. The summed E-state index contributed by atoms with van der Waals surface area (Å²) >= 11 is 0. The van der Waals surface area contributed by atoms with Crippen LogP contribution in [-0.2, 0) is 16.6 Å². The Kier molecular flexibility index (Phi) is 5.83. The maximum atomic E-state index is 12.6. The minimum absolute atomic E-state index is 0.0761. The van der Waals surface area contributed by atoms with Gasteiger partial charge in [-0.2, -0.15) is 20.2 Å². The molecule has 1 aromatic heterocycles. The van der Waals surface area contributed by atoms with Crippen molar-refractivity contribution in [3.63, 3.8) is 0 Å². The first-order valence-corrected chi connectivity index (χ1v) is 10.0. The molecule has 0 bridgehead atoms. The number of aromatic nitrogens is 3. The lowest BCUT2D eigenvalue weighted by molar-refractivity contribution is 0.374. The Morgan fingerprint density at radius 2 is 1.93 bits per heavy atom. The minimum Gasteiger partial charge on any atom is -0.467 e. The van der Waals surface area contributed by atoms with Crippen molar-refractivity contribution in [1.29, 1.82) is 5.26 Å². The van der Waals surface area contributed by atoms with Crippen molar-refractivity contribution in [3.05, 3.63) is 35.7 Å². The van der Waals surface area contributed by atoms with Gasteiger partial charge in [0.2, 0.25) is 16.0 Å². The number of nitriles is 1. The smallest absolute Gasteiger partial charge is 0.321 e. The molecule has 27 heavy (non-hydrogen) atoms. The molecule has 9 nitrogen and oxygen atoms in total. The van der Waals surface area contributed by atoms with Gasteiger partial charge in [-0.05, 0) is 31.4 Å². The van der Waals surface area contributed by atoms with Gasteiger partial charge < -0.3 is 9.64 Å². The highest BCUT2D eigenvalue weighted by atomic mass is 32.2. The molecular formula is C17H20N6O3S. The number of hydrogen-bond donors (Lipinski definition) is 1. The van der Waals surface area contributed by atoms with E-state index >= 15 is 0 Å². The highest BCUT2D eigenvalue weighted by molar-refractivity contribution is 7.89. The number of methoxy groups -OCH3 is 1. The number of sulfonamides is 1. The second kappa shape index (κ2) is 8.28. The van der Waals surface area contributed by atoms with Crippen molar-refractivity contribution in [2.75, 3.05) is 25.1 Å². The third kappa shape index (κ3) is 4.50. The van der Waals surface area contributed by atoms with Gasteiger partial charge in [-0.1, -0.05) is 12.1 Å². The van der Waals surface area contributed by atoms with Gasteiger partial charge in [-0.3, -0.25) is 0 Å². The van der Waals surface area contributed by atoms with Crippen molar-refractivity contribution in [2.45, 2.75) is 30.7 Å². The predicted octanol–water partition coefficient (Wildman–Crippen LogP) is 1.22. The van der Waals surface area contributed by atoms with Gasteiger partial charge in [0.25, 0.3) is 0 Å². The molecule has 0 atom stereocenters. The SMILES string of the molecule is COc1nc(CNS(=O)(=O)c2ccccc2C#N)nc(N2CCCCC2)n1. The lowest BCUT2D eigenvalue weighted by Gasteiger charge is -2.26. The number of nitrogens with one attached hydrogen (secondary N) is 1. The van der Waals surface area contributed by atoms with E-state index in [0.717, 1.165) is 25.9 Å². The first-order chi connectivity index (χ1) is 13.0. The molecule has 0 aliphatic carbocycles. The number of anilines is 1. The summed E-state index contributed by atoms with van der Waals surface area (Å²) in [4.78, 5) is 14.7. The zero-order chi connectivity index (χ0) is 19.3. The van der Waals surface area contributed by atoms with Crippen LogP contribution in [0.15, 0.2) is 29.2 Å². The average molecular weight is 388 g/mol. The molecule has 10 heteroatoms. The van der Waals surface area contributed by atoms with E-state index in [2.05, 4.69) is 19.7 Å². The van der Waals surface area contributed by atoms with Crippen molar-refractivity contribution in [2.24, 2.45) is 0 Å². The van der Waals surface area contributed by atoms with Gasteiger partial charge in [-0.15, -0.1) is 0 Å². The van der Waals surface area contributed by atoms with Gasteiger partial charge in [-0.25, -0.2) is 13.1 Å². The zero-order valence-corrected chi connectivity index (χ0v) is 15.7. The van der Waals surface area contributed by atoms with Crippen LogP contribution in [0.1, 0.15) is 30.7 Å². The maximum absolute atomic E-state index is 12.6. The lowest BCUT2D eigenvalue weighted by Crippen LogP contribution is -2.32. The fraction of sp³-hybridized carbons (Fsp3) is 0.412. The highest BCUT2D eigenvalue weighted by Crippen LogP contribution is 2.18. The summed E-state index contributed by atoms with van der Waals surface area (Å²) in [7, 11) is -2.44. The fourth-order valence-electron chi connectivity index (χ4n) is 2.82. The molecule has 142 valence electrons. The Labute approximate surface area is 158 Å². The van der Waals surface area contributed by atoms with Crippen LogP contribution in [0.3, 0.4) is 0 Å². The third-order valence-corrected chi connectivity index (χ3v) is 5.65. The van der Waals surface area contributed by atoms with E-state index in [9.17, 15) is 8.42 Å². The largest absolute Gasteiger partial charge is 0.467 e. The van der Waals surface area contributed by atoms with E-state index in [0.29, 0.717) is 5.95 Å². The monoisotopic (exact) mass is 388 g/mol. The Morgan fingerprint density at radius 1 is 1.19 bits per heavy atom. The summed E-state index contributed by atoms with van der Waals surface area (Å²) in [6.45, 7) is 1.55. The van der Waals surface area contributed by atoms with Crippen LogP contribution in [0.25, 0.3) is 0 Å². The number of rotatable bonds is 6. The summed E-state index contributed by atoms with van der Waals surface area (Å²) < 4.78 is 32.7. The molecule has 2 aromatic rings. The van der Waals surface area contributed by atoms with Crippen molar-refractivity contribution in [1.82, 2.24) is 19.7 Å². The molecule has 1 aliphatic heterocycles. The molecule has 0 amide bonds. The Bertz CT molecular complexity index is 951. The minimum atomic E-state index is -3.89. The average Bonchev–Trinajstić information content (AvgIpc) is 2.72. The predicted molar refractivity (Wildman–Crippen MR) is 97.6 cm³/mol. The molecule has 1 aliphatic rings. The van der Waals surface area contributed by atoms with Gasteiger partial charge >= 0.3 is 6.01 Å². The Balaban J connectivity index is 1.81. The van der Waals surface area contributed by atoms with Crippen LogP contribution < -0.4 is 14.4 Å². The molecule has 2 heterocycles. The van der Waals surface area contributed by atoms with Gasteiger partial charge in [0.05, 0.1) is 24.1 Å². The van der Waals surface area contributed by atoms with Crippen LogP contribution in [0, 0.1) is 11.3 Å². The van der Waals surface area contributed by atoms with Crippen LogP contribution in [-0.4, -0.2) is 43.6 Å². The molecule has 0 unspecified atom stereocenters. The summed E-state index contributed by atoms with van der Waals surface area (Å²) in [5, 5.41) is 9.12. The standard InChI is InChI=1S/C17H20N6O3S/c1-26-17-21-15(20-16(22-17)23-9-5-2-6-10-23)12-19-27(24,25)14-8-4-3-7-13(14)11-18/h3-4,7-8,19H,2,5-6,9-10,12H2,1H3. The summed E-state index contributed by atoms with van der Waals surface area (Å²) in [5.74, 6) is 0.730. The fourth-order valence-corrected chi connectivity index (χ4v) is 3.96. The van der Waals surface area contributed by atoms with Crippen molar-refractivity contribution in [3.8, 4) is 12.1 Å². The molecule has 1 fully saturated rings. The van der Waals surface area contributed by atoms with Gasteiger partial charge in [0.15, 0.2) is 5.82 Å². The first kappa shape index (κ1) is 19.0. The van der Waals surface area contributed by atoms with Crippen LogP contribution in [0.4, 0.5) is 5.95 Å². The molecule has 0 spiro atoms. The van der Waals surface area contributed by atoms with Crippen LogP contribution in [0.5, 0.6) is 6.01 Å². The second-order valence-corrected chi connectivity index (χ2v) is 7.75. The Morgan fingerprint density at radius 3 is 2.63 bits per heavy atom. The van der Waals surface area contributed by atoms with Crippen molar-refractivity contribution >= 4 is 16.0 Å². The van der Waals surface area contributed by atoms with Gasteiger partial charge in [0.1, 0.15) is 6.07 Å². The number of ether oxygens (including phenoxy) is 1. The molecule has 3 rings (SSSR count). The molecule has 0 saturated carbocycles. The van der Waals surface area contributed by atoms with Crippen LogP contribution in [0.2, 0.25) is 0 Å². The second-order valence-electron chi connectivity index (χ2n) is 6.02. The number of hydrogen-bond acceptors (Lipinski definition) is 8. The summed E-state index contributed by atoms with van der Waals surface area (Å²) in [6.07, 6.45) is 3.28. The van der Waals surface area contributed by atoms with E-state index < -0.39 is 10.0 Å². The maximum Gasteiger partial charge on any atom is 0.321 e. The van der Waals surface area contributed by atoms with Crippen molar-refractivity contribution < 1.29 is 13.2 Å². The Hall–Kier alpha value is -2.77.